The van der Waals surface area contributed by atoms with E-state index in [1.54, 1.807) is 0 Å². The van der Waals surface area contributed by atoms with Gasteiger partial charge in [-0.05, 0) is 24.2 Å². The average Bonchev–Trinajstić information content (AvgIpc) is 2.28. The zero-order valence-corrected chi connectivity index (χ0v) is 12.3. The molecular formula is C13H27ClN2O. The molecule has 1 heterocycles. The Morgan fingerprint density at radius 2 is 1.82 bits per heavy atom. The second kappa shape index (κ2) is 6.60. The van der Waals surface area contributed by atoms with Crippen LogP contribution in [-0.2, 0) is 4.79 Å². The minimum absolute atomic E-state index is 0. The molecule has 0 spiro atoms. The standard InChI is InChI=1S/C13H26N2O.ClH/c1-5-13(4)6-8-15(9-7-13)12(16)11(14)10(2)3;/h10-11H,5-9,14H2,1-4H3;1H. The van der Waals surface area contributed by atoms with Crippen molar-refractivity contribution in [1.29, 1.82) is 0 Å². The van der Waals surface area contributed by atoms with Gasteiger partial charge in [-0.2, -0.15) is 0 Å². The highest BCUT2D eigenvalue weighted by atomic mass is 35.5. The van der Waals surface area contributed by atoms with Crippen molar-refractivity contribution in [2.24, 2.45) is 17.1 Å². The van der Waals surface area contributed by atoms with Crippen LogP contribution in [0.1, 0.15) is 47.0 Å². The maximum Gasteiger partial charge on any atom is 0.239 e. The lowest BCUT2D eigenvalue weighted by atomic mass is 9.78. The summed E-state index contributed by atoms with van der Waals surface area (Å²) in [6.07, 6.45) is 3.42. The van der Waals surface area contributed by atoms with Crippen LogP contribution >= 0.6 is 12.4 Å². The van der Waals surface area contributed by atoms with Crippen LogP contribution < -0.4 is 5.73 Å². The van der Waals surface area contributed by atoms with E-state index < -0.39 is 0 Å². The van der Waals surface area contributed by atoms with Crippen LogP contribution in [0.15, 0.2) is 0 Å². The zero-order valence-electron chi connectivity index (χ0n) is 11.5. The summed E-state index contributed by atoms with van der Waals surface area (Å²) in [4.78, 5) is 14.0. The van der Waals surface area contributed by atoms with Crippen LogP contribution in [-0.4, -0.2) is 29.9 Å². The number of piperidine rings is 1. The molecular weight excluding hydrogens is 236 g/mol. The first-order chi connectivity index (χ1) is 7.39. The van der Waals surface area contributed by atoms with Crippen molar-refractivity contribution in [3.05, 3.63) is 0 Å². The largest absolute Gasteiger partial charge is 0.341 e. The Labute approximate surface area is 112 Å². The van der Waals surface area contributed by atoms with Crippen molar-refractivity contribution in [2.45, 2.75) is 53.0 Å². The van der Waals surface area contributed by atoms with Crippen LogP contribution in [0.2, 0.25) is 0 Å². The van der Waals surface area contributed by atoms with Crippen LogP contribution in [0.3, 0.4) is 0 Å². The van der Waals surface area contributed by atoms with Crippen LogP contribution in [0.25, 0.3) is 0 Å². The molecule has 1 amide bonds. The van der Waals surface area contributed by atoms with Gasteiger partial charge in [0.1, 0.15) is 0 Å². The van der Waals surface area contributed by atoms with E-state index in [4.69, 9.17) is 5.73 Å². The van der Waals surface area contributed by atoms with Gasteiger partial charge in [0.2, 0.25) is 5.91 Å². The third-order valence-electron chi connectivity index (χ3n) is 4.14. The normalized spacial score (nSPS) is 20.9. The summed E-state index contributed by atoms with van der Waals surface area (Å²) in [7, 11) is 0. The van der Waals surface area contributed by atoms with E-state index >= 15 is 0 Å². The Morgan fingerprint density at radius 3 is 2.18 bits per heavy atom. The van der Waals surface area contributed by atoms with Crippen LogP contribution in [0, 0.1) is 11.3 Å². The molecule has 0 saturated carbocycles. The van der Waals surface area contributed by atoms with Gasteiger partial charge >= 0.3 is 0 Å². The predicted octanol–water partition coefficient (Wildman–Crippen LogP) is 2.43. The highest BCUT2D eigenvalue weighted by molar-refractivity contribution is 5.85. The molecule has 1 rings (SSSR count). The number of likely N-dealkylation sites (tertiary alicyclic amines) is 1. The molecule has 0 bridgehead atoms. The quantitative estimate of drug-likeness (QED) is 0.849. The summed E-state index contributed by atoms with van der Waals surface area (Å²) in [5.74, 6) is 0.361. The number of nitrogens with zero attached hydrogens (tertiary/aromatic N) is 1. The molecule has 2 N–H and O–H groups in total. The molecule has 1 unspecified atom stereocenters. The SMILES string of the molecule is CCC1(C)CCN(C(=O)C(N)C(C)C)CC1.Cl. The number of carbonyl (C=O) groups is 1. The Hall–Kier alpha value is -0.280. The molecule has 0 radical (unpaired) electrons. The maximum atomic E-state index is 12.0. The van der Waals surface area contributed by atoms with Gasteiger partial charge in [0.15, 0.2) is 0 Å². The van der Waals surface area contributed by atoms with Crippen molar-refractivity contribution in [3.8, 4) is 0 Å². The fraction of sp³-hybridized carbons (Fsp3) is 0.923. The van der Waals surface area contributed by atoms with Gasteiger partial charge < -0.3 is 10.6 Å². The number of hydrogen-bond acceptors (Lipinski definition) is 2. The average molecular weight is 263 g/mol. The second-order valence-electron chi connectivity index (χ2n) is 5.76. The fourth-order valence-electron chi connectivity index (χ4n) is 2.12. The molecule has 1 atom stereocenters. The smallest absolute Gasteiger partial charge is 0.239 e. The molecule has 1 aliphatic heterocycles. The Balaban J connectivity index is 0.00000256. The van der Waals surface area contributed by atoms with Crippen LogP contribution in [0.5, 0.6) is 0 Å². The van der Waals surface area contributed by atoms with Gasteiger partial charge in [0, 0.05) is 13.1 Å². The highest BCUT2D eigenvalue weighted by Gasteiger charge is 2.32. The molecule has 1 aliphatic rings. The van der Waals surface area contributed by atoms with Gasteiger partial charge in [0.05, 0.1) is 6.04 Å². The Bertz CT molecular complexity index is 248. The minimum Gasteiger partial charge on any atom is -0.341 e. The van der Waals surface area contributed by atoms with Crippen molar-refractivity contribution in [2.75, 3.05) is 13.1 Å². The van der Waals surface area contributed by atoms with Gasteiger partial charge in [0.25, 0.3) is 0 Å². The number of amides is 1. The summed E-state index contributed by atoms with van der Waals surface area (Å²) in [5, 5.41) is 0. The summed E-state index contributed by atoms with van der Waals surface area (Å²) >= 11 is 0. The highest BCUT2D eigenvalue weighted by Crippen LogP contribution is 2.34. The first kappa shape index (κ1) is 16.7. The third-order valence-corrected chi connectivity index (χ3v) is 4.14. The third kappa shape index (κ3) is 4.14. The lowest BCUT2D eigenvalue weighted by Gasteiger charge is -2.40. The molecule has 17 heavy (non-hydrogen) atoms. The van der Waals surface area contributed by atoms with E-state index in [-0.39, 0.29) is 30.3 Å². The predicted molar refractivity (Wildman–Crippen MR) is 74.3 cm³/mol. The van der Waals surface area contributed by atoms with Crippen molar-refractivity contribution in [3.63, 3.8) is 0 Å². The molecule has 0 aromatic rings. The summed E-state index contributed by atoms with van der Waals surface area (Å²) < 4.78 is 0. The number of halogens is 1. The molecule has 0 aromatic carbocycles. The number of carbonyl (C=O) groups excluding carboxylic acids is 1. The van der Waals surface area contributed by atoms with Crippen molar-refractivity contribution >= 4 is 18.3 Å². The molecule has 1 fully saturated rings. The first-order valence-electron chi connectivity index (χ1n) is 6.44. The Morgan fingerprint density at radius 1 is 1.35 bits per heavy atom. The van der Waals surface area contributed by atoms with Gasteiger partial charge in [-0.15, -0.1) is 12.4 Å². The maximum absolute atomic E-state index is 12.0. The number of hydrogen-bond donors (Lipinski definition) is 1. The minimum atomic E-state index is -0.328. The molecule has 4 heteroatoms. The van der Waals surface area contributed by atoms with Crippen molar-refractivity contribution < 1.29 is 4.79 Å². The van der Waals surface area contributed by atoms with E-state index in [1.165, 1.54) is 6.42 Å². The van der Waals surface area contributed by atoms with E-state index in [0.717, 1.165) is 25.9 Å². The van der Waals surface area contributed by atoms with E-state index in [0.29, 0.717) is 5.41 Å². The van der Waals surface area contributed by atoms with E-state index in [2.05, 4.69) is 13.8 Å². The first-order valence-corrected chi connectivity index (χ1v) is 6.44. The molecule has 1 saturated heterocycles. The van der Waals surface area contributed by atoms with Crippen LogP contribution in [0.4, 0.5) is 0 Å². The molecule has 0 aromatic heterocycles. The zero-order chi connectivity index (χ0) is 12.3. The van der Waals surface area contributed by atoms with Gasteiger partial charge in [-0.3, -0.25) is 4.79 Å². The topological polar surface area (TPSA) is 46.3 Å². The van der Waals surface area contributed by atoms with E-state index in [9.17, 15) is 4.79 Å². The lowest BCUT2D eigenvalue weighted by Crippen LogP contribution is -2.50. The molecule has 0 aliphatic carbocycles. The second-order valence-corrected chi connectivity index (χ2v) is 5.76. The monoisotopic (exact) mass is 262 g/mol. The molecule has 3 nitrogen and oxygen atoms in total. The number of nitrogens with two attached hydrogens (primary N) is 1. The molecule has 102 valence electrons. The Kier molecular flexibility index (Phi) is 6.49. The van der Waals surface area contributed by atoms with Gasteiger partial charge in [-0.25, -0.2) is 0 Å². The summed E-state index contributed by atoms with van der Waals surface area (Å²) in [6, 6.07) is -0.328. The van der Waals surface area contributed by atoms with Crippen molar-refractivity contribution in [1.82, 2.24) is 4.90 Å². The van der Waals surface area contributed by atoms with E-state index in [1.807, 2.05) is 18.7 Å². The summed E-state index contributed by atoms with van der Waals surface area (Å²) in [5.41, 5.74) is 6.33. The lowest BCUT2D eigenvalue weighted by molar-refractivity contribution is -0.135. The fourth-order valence-corrected chi connectivity index (χ4v) is 2.12. The van der Waals surface area contributed by atoms with Gasteiger partial charge in [-0.1, -0.05) is 34.1 Å². The number of rotatable bonds is 3. The summed E-state index contributed by atoms with van der Waals surface area (Å²) in [6.45, 7) is 10.3.